The van der Waals surface area contributed by atoms with Crippen LogP contribution >= 0.6 is 0 Å². The van der Waals surface area contributed by atoms with Crippen molar-refractivity contribution in [3.8, 4) is 0 Å². The first-order chi connectivity index (χ1) is 10.5. The average Bonchev–Trinajstić information content (AvgIpc) is 2.81. The number of likely N-dealkylation sites (tertiary alicyclic amines) is 1. The van der Waals surface area contributed by atoms with Crippen LogP contribution in [-0.4, -0.2) is 37.1 Å². The zero-order chi connectivity index (χ0) is 15.8. The first kappa shape index (κ1) is 16.2. The summed E-state index contributed by atoms with van der Waals surface area (Å²) in [5.41, 5.74) is 1.42. The monoisotopic (exact) mass is 307 g/mol. The lowest BCUT2D eigenvalue weighted by Gasteiger charge is -2.46. The number of hydrogen-bond donors (Lipinski definition) is 1. The Morgan fingerprint density at radius 2 is 2.23 bits per heavy atom. The van der Waals surface area contributed by atoms with E-state index in [1.807, 2.05) is 0 Å². The Kier molecular flexibility index (Phi) is 4.48. The predicted octanol–water partition coefficient (Wildman–Crippen LogP) is 3.02. The highest BCUT2D eigenvalue weighted by Gasteiger charge is 2.46. The summed E-state index contributed by atoms with van der Waals surface area (Å²) in [5.74, 6) is 0.993. The van der Waals surface area contributed by atoms with Gasteiger partial charge in [0.1, 0.15) is 11.4 Å². The van der Waals surface area contributed by atoms with Crippen molar-refractivity contribution in [3.63, 3.8) is 0 Å². The number of fused-ring (bicyclic) bond motifs is 2. The maximum Gasteiger partial charge on any atom is 0.121 e. The van der Waals surface area contributed by atoms with Crippen LogP contribution in [0.4, 0.5) is 4.39 Å². The molecule has 124 valence electrons. The molecule has 0 radical (unpaired) electrons. The second-order valence-corrected chi connectivity index (χ2v) is 7.92. The lowest BCUT2D eigenvalue weighted by molar-refractivity contribution is -0.727. The second kappa shape index (κ2) is 6.09. The number of rotatable bonds is 5. The SMILES string of the molecule is CCC1=C(F)CCC1(CC)[NH2+]CC12C=CCC(CN(C)C1)C2. The molecule has 2 aliphatic carbocycles. The number of quaternary nitrogens is 1. The number of hydrogen-bond acceptors (Lipinski definition) is 1. The molecule has 1 fully saturated rings. The highest BCUT2D eigenvalue weighted by molar-refractivity contribution is 5.25. The van der Waals surface area contributed by atoms with Crippen molar-refractivity contribution in [2.45, 2.75) is 57.9 Å². The average molecular weight is 307 g/mol. The Morgan fingerprint density at radius 1 is 1.41 bits per heavy atom. The number of piperidine rings is 1. The number of halogens is 1. The Balaban J connectivity index is 1.76. The van der Waals surface area contributed by atoms with E-state index in [0.29, 0.717) is 11.8 Å². The van der Waals surface area contributed by atoms with E-state index in [2.05, 4.69) is 43.3 Å². The molecule has 1 aliphatic heterocycles. The van der Waals surface area contributed by atoms with Gasteiger partial charge in [0.05, 0.1) is 12.0 Å². The van der Waals surface area contributed by atoms with Gasteiger partial charge in [0, 0.05) is 37.9 Å². The third-order valence-electron chi connectivity index (χ3n) is 6.39. The van der Waals surface area contributed by atoms with Gasteiger partial charge in [-0.25, -0.2) is 4.39 Å². The largest absolute Gasteiger partial charge is 0.337 e. The van der Waals surface area contributed by atoms with Crippen molar-refractivity contribution in [1.82, 2.24) is 4.90 Å². The molecule has 3 unspecified atom stereocenters. The molecule has 3 rings (SSSR count). The summed E-state index contributed by atoms with van der Waals surface area (Å²) in [5, 5.41) is 2.50. The smallest absolute Gasteiger partial charge is 0.121 e. The van der Waals surface area contributed by atoms with Gasteiger partial charge in [0.15, 0.2) is 0 Å². The summed E-state index contributed by atoms with van der Waals surface area (Å²) in [6, 6.07) is 0. The van der Waals surface area contributed by atoms with E-state index in [9.17, 15) is 4.39 Å². The molecule has 2 N–H and O–H groups in total. The standard InChI is InChI=1S/C19H31FN2/c1-4-16-17(20)8-10-19(16,5-2)21-13-18-9-6-7-15(11-18)12-22(3)14-18/h6,9,15,21H,4-5,7-8,10-14H2,1-3H3/p+1. The molecular formula is C19H32FN2+. The Bertz CT molecular complexity index is 484. The predicted molar refractivity (Wildman–Crippen MR) is 89.3 cm³/mol. The fourth-order valence-electron chi connectivity index (χ4n) is 5.36. The van der Waals surface area contributed by atoms with E-state index in [4.69, 9.17) is 0 Å². The molecule has 0 amide bonds. The lowest BCUT2D eigenvalue weighted by atomic mass is 9.70. The van der Waals surface area contributed by atoms with Gasteiger partial charge in [0.2, 0.25) is 0 Å². The minimum absolute atomic E-state index is 0.0321. The van der Waals surface area contributed by atoms with Gasteiger partial charge in [-0.05, 0) is 32.2 Å². The number of nitrogens with two attached hydrogens (primary N) is 1. The molecule has 1 saturated heterocycles. The minimum Gasteiger partial charge on any atom is -0.337 e. The van der Waals surface area contributed by atoms with Crippen LogP contribution in [0.2, 0.25) is 0 Å². The van der Waals surface area contributed by atoms with E-state index < -0.39 is 0 Å². The molecule has 0 aromatic heterocycles. The van der Waals surface area contributed by atoms with Gasteiger partial charge in [-0.3, -0.25) is 0 Å². The summed E-state index contributed by atoms with van der Waals surface area (Å²) in [6.45, 7) is 7.84. The van der Waals surface area contributed by atoms with E-state index in [1.54, 1.807) is 0 Å². The van der Waals surface area contributed by atoms with Crippen LogP contribution in [0.5, 0.6) is 0 Å². The van der Waals surface area contributed by atoms with Crippen LogP contribution < -0.4 is 5.32 Å². The zero-order valence-electron chi connectivity index (χ0n) is 14.5. The van der Waals surface area contributed by atoms with Crippen molar-refractivity contribution < 1.29 is 9.71 Å². The highest BCUT2D eigenvalue weighted by Crippen LogP contribution is 2.40. The first-order valence-corrected chi connectivity index (χ1v) is 9.11. The second-order valence-electron chi connectivity index (χ2n) is 7.92. The summed E-state index contributed by atoms with van der Waals surface area (Å²) < 4.78 is 14.2. The third kappa shape index (κ3) is 2.78. The van der Waals surface area contributed by atoms with Crippen LogP contribution in [0.3, 0.4) is 0 Å². The molecule has 0 spiro atoms. The zero-order valence-corrected chi connectivity index (χ0v) is 14.5. The van der Waals surface area contributed by atoms with Crippen molar-refractivity contribution in [2.75, 3.05) is 26.7 Å². The first-order valence-electron chi connectivity index (χ1n) is 9.11. The molecule has 1 heterocycles. The summed E-state index contributed by atoms with van der Waals surface area (Å²) in [6.07, 6.45) is 11.0. The molecule has 3 heteroatoms. The lowest BCUT2D eigenvalue weighted by Crippen LogP contribution is -2.99. The van der Waals surface area contributed by atoms with Gasteiger partial charge in [0.25, 0.3) is 0 Å². The van der Waals surface area contributed by atoms with Gasteiger partial charge < -0.3 is 10.2 Å². The Labute approximate surface area is 134 Å². The van der Waals surface area contributed by atoms with E-state index in [0.717, 1.165) is 43.8 Å². The van der Waals surface area contributed by atoms with Crippen LogP contribution in [0.15, 0.2) is 23.6 Å². The Hall–Kier alpha value is -0.670. The van der Waals surface area contributed by atoms with Crippen LogP contribution in [0.1, 0.15) is 52.4 Å². The molecule has 22 heavy (non-hydrogen) atoms. The quantitative estimate of drug-likeness (QED) is 0.774. The van der Waals surface area contributed by atoms with Gasteiger partial charge in [-0.2, -0.15) is 0 Å². The van der Waals surface area contributed by atoms with Crippen molar-refractivity contribution in [1.29, 1.82) is 0 Å². The number of allylic oxidation sites excluding steroid dienone is 2. The summed E-state index contributed by atoms with van der Waals surface area (Å²) in [4.78, 5) is 2.50. The van der Waals surface area contributed by atoms with Crippen LogP contribution in [0, 0.1) is 11.3 Å². The molecule has 0 aromatic carbocycles. The van der Waals surface area contributed by atoms with Crippen LogP contribution in [0.25, 0.3) is 0 Å². The van der Waals surface area contributed by atoms with Gasteiger partial charge >= 0.3 is 0 Å². The summed E-state index contributed by atoms with van der Waals surface area (Å²) in [7, 11) is 2.25. The highest BCUT2D eigenvalue weighted by atomic mass is 19.1. The molecular weight excluding hydrogens is 275 g/mol. The molecule has 2 bridgehead atoms. The van der Waals surface area contributed by atoms with Crippen molar-refractivity contribution >= 4 is 0 Å². The van der Waals surface area contributed by atoms with Crippen LogP contribution in [-0.2, 0) is 0 Å². The van der Waals surface area contributed by atoms with E-state index in [1.165, 1.54) is 19.4 Å². The number of nitrogens with zero attached hydrogens (tertiary/aromatic N) is 1. The Morgan fingerprint density at radius 3 is 2.95 bits per heavy atom. The maximum atomic E-state index is 14.2. The third-order valence-corrected chi connectivity index (χ3v) is 6.39. The summed E-state index contributed by atoms with van der Waals surface area (Å²) >= 11 is 0. The normalized spacial score (nSPS) is 38.8. The van der Waals surface area contributed by atoms with Gasteiger partial charge in [-0.15, -0.1) is 0 Å². The van der Waals surface area contributed by atoms with E-state index >= 15 is 0 Å². The topological polar surface area (TPSA) is 19.9 Å². The maximum absolute atomic E-state index is 14.2. The molecule has 3 aliphatic rings. The molecule has 0 saturated carbocycles. The van der Waals surface area contributed by atoms with Crippen molar-refractivity contribution in [2.24, 2.45) is 11.3 Å². The van der Waals surface area contributed by atoms with Crippen molar-refractivity contribution in [3.05, 3.63) is 23.6 Å². The molecule has 0 aromatic rings. The molecule has 3 atom stereocenters. The fraction of sp³-hybridized carbons (Fsp3) is 0.789. The molecule has 2 nitrogen and oxygen atoms in total. The fourth-order valence-corrected chi connectivity index (χ4v) is 5.36. The minimum atomic E-state index is 0.0321. The van der Waals surface area contributed by atoms with Gasteiger partial charge in [-0.1, -0.05) is 26.0 Å². The van der Waals surface area contributed by atoms with E-state index in [-0.39, 0.29) is 11.4 Å².